The summed E-state index contributed by atoms with van der Waals surface area (Å²) in [5, 5.41) is 0. The van der Waals surface area contributed by atoms with Gasteiger partial charge >= 0.3 is 0 Å². The molecule has 144 valence electrons. The average Bonchev–Trinajstić information content (AvgIpc) is 3.08. The zero-order valence-corrected chi connectivity index (χ0v) is 16.6. The van der Waals surface area contributed by atoms with Gasteiger partial charge in [-0.05, 0) is 42.2 Å². The Morgan fingerprint density at radius 1 is 0.714 bits per heavy atom. The zero-order valence-electron chi connectivity index (χ0n) is 16.6. The van der Waals surface area contributed by atoms with Gasteiger partial charge in [0.05, 0.1) is 6.17 Å². The van der Waals surface area contributed by atoms with Crippen LogP contribution in [0.2, 0.25) is 0 Å². The maximum atomic E-state index is 14.3. The molecule has 3 aromatic rings. The maximum absolute atomic E-state index is 14.3. The van der Waals surface area contributed by atoms with E-state index in [-0.39, 0.29) is 12.0 Å². The van der Waals surface area contributed by atoms with Gasteiger partial charge in [-0.25, -0.2) is 4.39 Å². The number of hydrogen-bond donors (Lipinski definition) is 0. The topological polar surface area (TPSA) is 6.48 Å². The smallest absolute Gasteiger partial charge is 0.127 e. The lowest BCUT2D eigenvalue weighted by Crippen LogP contribution is -2.31. The van der Waals surface area contributed by atoms with Crippen molar-refractivity contribution in [2.75, 3.05) is 13.1 Å². The molecule has 1 fully saturated rings. The fourth-order valence-electron chi connectivity index (χ4n) is 4.19. The number of halogens is 1. The zero-order chi connectivity index (χ0) is 19.5. The van der Waals surface area contributed by atoms with Crippen molar-refractivity contribution in [3.8, 4) is 0 Å². The Morgan fingerprint density at radius 3 is 1.89 bits per heavy atom. The summed E-state index contributed by atoms with van der Waals surface area (Å²) in [6.07, 6.45) is 0.153. The van der Waals surface area contributed by atoms with E-state index in [2.05, 4.69) is 72.2 Å². The van der Waals surface area contributed by atoms with Crippen LogP contribution in [0, 0.1) is 19.7 Å². The second kappa shape index (κ2) is 8.26. The van der Waals surface area contributed by atoms with Crippen LogP contribution in [0.15, 0.2) is 72.8 Å². The van der Waals surface area contributed by atoms with Gasteiger partial charge in [-0.1, -0.05) is 66.7 Å². The fourth-order valence-corrected chi connectivity index (χ4v) is 4.19. The van der Waals surface area contributed by atoms with Crippen LogP contribution in [0.4, 0.5) is 4.39 Å². The van der Waals surface area contributed by atoms with Gasteiger partial charge in [-0.2, -0.15) is 0 Å². The molecule has 0 bridgehead atoms. The van der Waals surface area contributed by atoms with Crippen molar-refractivity contribution in [3.05, 3.63) is 106 Å². The first-order chi connectivity index (χ1) is 13.6. The summed E-state index contributed by atoms with van der Waals surface area (Å²) in [5.41, 5.74) is 6.03. The van der Waals surface area contributed by atoms with E-state index in [1.165, 1.54) is 22.3 Å². The molecule has 0 N–H and O–H groups in total. The van der Waals surface area contributed by atoms with Crippen molar-refractivity contribution < 1.29 is 4.39 Å². The summed E-state index contributed by atoms with van der Waals surface area (Å²) in [6.45, 7) is 7.77. The lowest BCUT2D eigenvalue weighted by Gasteiger charge is -2.32. The molecule has 1 aliphatic rings. The Bertz CT molecular complexity index is 897. The van der Waals surface area contributed by atoms with Gasteiger partial charge in [0.25, 0.3) is 0 Å². The second-order valence-electron chi connectivity index (χ2n) is 7.69. The normalized spacial score (nSPS) is 17.9. The van der Waals surface area contributed by atoms with E-state index in [1.54, 1.807) is 12.1 Å². The highest BCUT2D eigenvalue weighted by Crippen LogP contribution is 2.34. The van der Waals surface area contributed by atoms with E-state index in [1.807, 2.05) is 12.1 Å². The molecule has 0 spiro atoms. The van der Waals surface area contributed by atoms with Crippen LogP contribution in [-0.2, 0) is 13.1 Å². The highest BCUT2D eigenvalue weighted by molar-refractivity contribution is 5.31. The molecule has 3 heteroatoms. The Hall–Kier alpha value is -2.49. The van der Waals surface area contributed by atoms with Crippen LogP contribution in [0.1, 0.15) is 34.0 Å². The summed E-state index contributed by atoms with van der Waals surface area (Å²) in [7, 11) is 0. The van der Waals surface area contributed by atoms with Crippen LogP contribution in [0.3, 0.4) is 0 Å². The van der Waals surface area contributed by atoms with Crippen molar-refractivity contribution in [3.63, 3.8) is 0 Å². The molecular weight excluding hydrogens is 347 g/mol. The molecule has 0 saturated carbocycles. The third-order valence-electron chi connectivity index (χ3n) is 5.80. The molecule has 1 heterocycles. The minimum atomic E-state index is -0.122. The molecule has 28 heavy (non-hydrogen) atoms. The van der Waals surface area contributed by atoms with Crippen molar-refractivity contribution in [1.29, 1.82) is 0 Å². The van der Waals surface area contributed by atoms with Crippen molar-refractivity contribution in [2.45, 2.75) is 33.1 Å². The third-order valence-corrected chi connectivity index (χ3v) is 5.80. The predicted octanol–water partition coefficient (Wildman–Crippen LogP) is 5.46. The first-order valence-electron chi connectivity index (χ1n) is 9.95. The molecule has 1 atom stereocenters. The van der Waals surface area contributed by atoms with E-state index in [4.69, 9.17) is 0 Å². The SMILES string of the molecule is Cc1ccccc1CN1CCN(Cc2ccccc2F)[C@@H]1c1ccccc1C. The minimum absolute atomic E-state index is 0.122. The van der Waals surface area contributed by atoms with Gasteiger partial charge < -0.3 is 0 Å². The average molecular weight is 375 g/mol. The van der Waals surface area contributed by atoms with Gasteiger partial charge in [0.2, 0.25) is 0 Å². The van der Waals surface area contributed by atoms with E-state index in [0.29, 0.717) is 6.54 Å². The van der Waals surface area contributed by atoms with Crippen molar-refractivity contribution in [2.24, 2.45) is 0 Å². The largest absolute Gasteiger partial charge is 0.278 e. The molecule has 1 saturated heterocycles. The second-order valence-corrected chi connectivity index (χ2v) is 7.69. The van der Waals surface area contributed by atoms with Gasteiger partial charge in [0.1, 0.15) is 5.82 Å². The van der Waals surface area contributed by atoms with Crippen LogP contribution in [-0.4, -0.2) is 22.9 Å². The van der Waals surface area contributed by atoms with E-state index in [9.17, 15) is 4.39 Å². The third kappa shape index (κ3) is 3.87. The van der Waals surface area contributed by atoms with E-state index < -0.39 is 0 Å². The van der Waals surface area contributed by atoms with Crippen molar-refractivity contribution >= 4 is 0 Å². The quantitative estimate of drug-likeness (QED) is 0.585. The summed E-state index contributed by atoms with van der Waals surface area (Å²) in [6, 6.07) is 24.3. The Kier molecular flexibility index (Phi) is 5.56. The molecule has 1 aliphatic heterocycles. The summed E-state index contributed by atoms with van der Waals surface area (Å²) >= 11 is 0. The number of hydrogen-bond acceptors (Lipinski definition) is 2. The Morgan fingerprint density at radius 2 is 1.25 bits per heavy atom. The Balaban J connectivity index is 1.66. The molecule has 0 aromatic heterocycles. The number of nitrogens with zero attached hydrogens (tertiary/aromatic N) is 2. The van der Waals surface area contributed by atoms with Crippen molar-refractivity contribution in [1.82, 2.24) is 9.80 Å². The molecule has 4 rings (SSSR count). The number of aryl methyl sites for hydroxylation is 2. The molecule has 0 amide bonds. The van der Waals surface area contributed by atoms with Gasteiger partial charge in [0, 0.05) is 31.7 Å². The molecule has 0 aliphatic carbocycles. The lowest BCUT2D eigenvalue weighted by molar-refractivity contribution is 0.124. The highest BCUT2D eigenvalue weighted by Gasteiger charge is 2.34. The first-order valence-corrected chi connectivity index (χ1v) is 9.95. The number of benzene rings is 3. The molecule has 3 aromatic carbocycles. The maximum Gasteiger partial charge on any atom is 0.127 e. The predicted molar refractivity (Wildman–Crippen MR) is 112 cm³/mol. The standard InChI is InChI=1S/C25H27FN2/c1-19-9-3-5-11-21(19)17-27-15-16-28(18-22-12-6-8-14-24(22)26)25(27)23-13-7-4-10-20(23)2/h3-14,25H,15-18H2,1-2H3/t25-/m1/s1. The highest BCUT2D eigenvalue weighted by atomic mass is 19.1. The molecule has 2 nitrogen and oxygen atoms in total. The minimum Gasteiger partial charge on any atom is -0.278 e. The fraction of sp³-hybridized carbons (Fsp3) is 0.280. The van der Waals surface area contributed by atoms with Crippen LogP contribution in [0.5, 0.6) is 0 Å². The van der Waals surface area contributed by atoms with Crippen LogP contribution in [0.25, 0.3) is 0 Å². The van der Waals surface area contributed by atoms with Gasteiger partial charge in [0.15, 0.2) is 0 Å². The van der Waals surface area contributed by atoms with Gasteiger partial charge in [-0.3, -0.25) is 9.80 Å². The lowest BCUT2D eigenvalue weighted by atomic mass is 10.0. The van der Waals surface area contributed by atoms with E-state index >= 15 is 0 Å². The first kappa shape index (κ1) is 18.9. The van der Waals surface area contributed by atoms with Crippen LogP contribution < -0.4 is 0 Å². The molecule has 0 unspecified atom stereocenters. The Labute approximate surface area is 167 Å². The van der Waals surface area contributed by atoms with Crippen LogP contribution >= 0.6 is 0 Å². The molecular formula is C25H27FN2. The summed E-state index contributed by atoms with van der Waals surface area (Å²) in [5.74, 6) is -0.122. The van der Waals surface area contributed by atoms with Gasteiger partial charge in [-0.15, -0.1) is 0 Å². The number of rotatable bonds is 5. The molecule has 0 radical (unpaired) electrons. The van der Waals surface area contributed by atoms with E-state index in [0.717, 1.165) is 25.2 Å². The monoisotopic (exact) mass is 374 g/mol. The summed E-state index contributed by atoms with van der Waals surface area (Å²) in [4.78, 5) is 4.92. The summed E-state index contributed by atoms with van der Waals surface area (Å²) < 4.78 is 14.3.